The van der Waals surface area contributed by atoms with E-state index in [1.807, 2.05) is 0 Å². The molecule has 1 N–H and O–H groups in total. The van der Waals surface area contributed by atoms with E-state index in [9.17, 15) is 16.8 Å². The van der Waals surface area contributed by atoms with E-state index in [1.54, 1.807) is 0 Å². The van der Waals surface area contributed by atoms with Crippen molar-refractivity contribution in [3.8, 4) is 0 Å². The van der Waals surface area contributed by atoms with Crippen molar-refractivity contribution in [3.05, 3.63) is 23.8 Å². The summed E-state index contributed by atoms with van der Waals surface area (Å²) in [5.74, 6) is 0. The third kappa shape index (κ3) is 3.27. The van der Waals surface area contributed by atoms with Crippen molar-refractivity contribution in [1.29, 1.82) is 0 Å². The second-order valence-corrected chi connectivity index (χ2v) is 7.70. The maximum absolute atomic E-state index is 11.6. The van der Waals surface area contributed by atoms with Gasteiger partial charge in [-0.25, -0.2) is 16.8 Å². The average molecular weight is 278 g/mol. The van der Waals surface area contributed by atoms with E-state index >= 15 is 0 Å². The fraction of sp³-hybridized carbons (Fsp3) is 0.400. The van der Waals surface area contributed by atoms with Crippen LogP contribution < -0.4 is 0 Å². The molecule has 1 aromatic carbocycles. The zero-order valence-corrected chi connectivity index (χ0v) is 11.2. The van der Waals surface area contributed by atoms with Gasteiger partial charge >= 0.3 is 0 Å². The minimum absolute atomic E-state index is 0.103. The third-order valence-electron chi connectivity index (χ3n) is 2.21. The number of aliphatic hydroxyl groups is 1. The lowest BCUT2D eigenvalue weighted by Gasteiger charge is -2.11. The predicted molar refractivity (Wildman–Crippen MR) is 63.5 cm³/mol. The number of hydrogen-bond donors (Lipinski definition) is 1. The zero-order chi connectivity index (χ0) is 13.3. The summed E-state index contributed by atoms with van der Waals surface area (Å²) in [5, 5.41) is 8.86. The van der Waals surface area contributed by atoms with Crippen molar-refractivity contribution in [3.63, 3.8) is 0 Å². The molecule has 0 amide bonds. The lowest BCUT2D eigenvalue weighted by Crippen LogP contribution is -2.11. The monoisotopic (exact) mass is 278 g/mol. The maximum atomic E-state index is 11.6. The van der Waals surface area contributed by atoms with Crippen LogP contribution in [0.15, 0.2) is 28.0 Å². The van der Waals surface area contributed by atoms with E-state index in [-0.39, 0.29) is 22.8 Å². The van der Waals surface area contributed by atoms with Crippen LogP contribution in [0.4, 0.5) is 0 Å². The topological polar surface area (TPSA) is 88.5 Å². The summed E-state index contributed by atoms with van der Waals surface area (Å²) in [5.41, 5.74) is 0.318. The Labute approximate surface area is 101 Å². The summed E-state index contributed by atoms with van der Waals surface area (Å²) in [6, 6.07) is 4.23. The van der Waals surface area contributed by atoms with E-state index in [0.29, 0.717) is 5.56 Å². The number of sulfone groups is 2. The molecule has 0 spiro atoms. The Balaban J connectivity index is 3.70. The molecule has 0 aliphatic rings. The smallest absolute Gasteiger partial charge is 0.177 e. The standard InChI is InChI=1S/C10H14O5S2/c1-16(12,13)9-5-3-4-8(6-7-11)10(9)17(2,14)15/h3-5,11H,6-7H2,1-2H3. The molecular formula is C10H14O5S2. The lowest BCUT2D eigenvalue weighted by molar-refractivity contribution is 0.298. The minimum Gasteiger partial charge on any atom is -0.396 e. The van der Waals surface area contributed by atoms with Crippen LogP contribution in [0, 0.1) is 0 Å². The maximum Gasteiger partial charge on any atom is 0.177 e. The Morgan fingerprint density at radius 1 is 1.06 bits per heavy atom. The number of benzene rings is 1. The van der Waals surface area contributed by atoms with Crippen LogP contribution in [0.3, 0.4) is 0 Å². The molecule has 0 bridgehead atoms. The van der Waals surface area contributed by atoms with Gasteiger partial charge < -0.3 is 5.11 Å². The molecule has 0 atom stereocenters. The highest BCUT2D eigenvalue weighted by atomic mass is 32.2. The minimum atomic E-state index is -3.66. The summed E-state index contributed by atoms with van der Waals surface area (Å²) < 4.78 is 46.4. The molecule has 0 saturated heterocycles. The fourth-order valence-electron chi connectivity index (χ4n) is 1.59. The van der Waals surface area contributed by atoms with E-state index in [0.717, 1.165) is 12.5 Å². The molecule has 96 valence electrons. The quantitative estimate of drug-likeness (QED) is 0.839. The van der Waals surface area contributed by atoms with Gasteiger partial charge in [0.2, 0.25) is 0 Å². The first-order valence-corrected chi connectivity index (χ1v) is 8.59. The first-order chi connectivity index (χ1) is 7.68. The van der Waals surface area contributed by atoms with Crippen molar-refractivity contribution < 1.29 is 21.9 Å². The van der Waals surface area contributed by atoms with E-state index in [1.165, 1.54) is 18.2 Å². The van der Waals surface area contributed by atoms with Gasteiger partial charge in [-0.3, -0.25) is 0 Å². The highest BCUT2D eigenvalue weighted by molar-refractivity contribution is 7.93. The highest BCUT2D eigenvalue weighted by Crippen LogP contribution is 2.25. The summed E-state index contributed by atoms with van der Waals surface area (Å²) in [6.45, 7) is -0.240. The molecule has 17 heavy (non-hydrogen) atoms. The Kier molecular flexibility index (Phi) is 3.95. The molecule has 0 aliphatic carbocycles. The van der Waals surface area contributed by atoms with Crippen molar-refractivity contribution in [1.82, 2.24) is 0 Å². The second kappa shape index (κ2) is 4.75. The van der Waals surface area contributed by atoms with Crippen LogP contribution in [-0.2, 0) is 26.1 Å². The number of aliphatic hydroxyl groups excluding tert-OH is 1. The Morgan fingerprint density at radius 3 is 2.06 bits per heavy atom. The largest absolute Gasteiger partial charge is 0.396 e. The van der Waals surface area contributed by atoms with Crippen LogP contribution >= 0.6 is 0 Å². The van der Waals surface area contributed by atoms with E-state index < -0.39 is 19.7 Å². The first-order valence-electron chi connectivity index (χ1n) is 4.81. The second-order valence-electron chi connectivity index (χ2n) is 3.76. The van der Waals surface area contributed by atoms with Gasteiger partial charge in [0.25, 0.3) is 0 Å². The molecule has 1 aromatic rings. The SMILES string of the molecule is CS(=O)(=O)c1cccc(CCO)c1S(C)(=O)=O. The van der Waals surface area contributed by atoms with Gasteiger partial charge in [0.1, 0.15) is 0 Å². The van der Waals surface area contributed by atoms with Gasteiger partial charge in [0.05, 0.1) is 9.79 Å². The predicted octanol–water partition coefficient (Wildman–Crippen LogP) is 0.0284. The normalized spacial score (nSPS) is 12.6. The zero-order valence-electron chi connectivity index (χ0n) is 9.54. The Bertz CT molecular complexity index is 614. The molecule has 0 unspecified atom stereocenters. The Hall–Kier alpha value is -0.920. The van der Waals surface area contributed by atoms with Gasteiger partial charge in [-0.15, -0.1) is 0 Å². The van der Waals surface area contributed by atoms with Gasteiger partial charge in [-0.05, 0) is 18.1 Å². The van der Waals surface area contributed by atoms with Crippen LogP contribution in [0.5, 0.6) is 0 Å². The summed E-state index contributed by atoms with van der Waals surface area (Å²) in [7, 11) is -7.28. The molecule has 0 fully saturated rings. The highest BCUT2D eigenvalue weighted by Gasteiger charge is 2.23. The number of rotatable bonds is 4. The Morgan fingerprint density at radius 2 is 1.65 bits per heavy atom. The summed E-state index contributed by atoms with van der Waals surface area (Å²) in [6.07, 6.45) is 2.02. The van der Waals surface area contributed by atoms with Gasteiger partial charge in [0, 0.05) is 19.1 Å². The molecule has 7 heteroatoms. The van der Waals surface area contributed by atoms with Crippen LogP contribution in [0.2, 0.25) is 0 Å². The third-order valence-corrected chi connectivity index (χ3v) is 4.70. The lowest BCUT2D eigenvalue weighted by atomic mass is 10.2. The fourth-order valence-corrected chi connectivity index (χ4v) is 4.37. The first kappa shape index (κ1) is 14.1. The number of hydrogen-bond acceptors (Lipinski definition) is 5. The van der Waals surface area contributed by atoms with Gasteiger partial charge in [-0.1, -0.05) is 12.1 Å². The molecule has 1 rings (SSSR count). The van der Waals surface area contributed by atoms with E-state index in [2.05, 4.69) is 0 Å². The van der Waals surface area contributed by atoms with Crippen LogP contribution in [-0.4, -0.2) is 41.1 Å². The van der Waals surface area contributed by atoms with Crippen molar-refractivity contribution in [2.75, 3.05) is 19.1 Å². The molecule has 0 heterocycles. The van der Waals surface area contributed by atoms with E-state index in [4.69, 9.17) is 5.11 Å². The molecule has 0 saturated carbocycles. The molecule has 0 aliphatic heterocycles. The average Bonchev–Trinajstić information content (AvgIpc) is 2.14. The van der Waals surface area contributed by atoms with Crippen molar-refractivity contribution >= 4 is 19.7 Å². The van der Waals surface area contributed by atoms with Crippen LogP contribution in [0.1, 0.15) is 5.56 Å². The summed E-state index contributed by atoms with van der Waals surface area (Å²) >= 11 is 0. The molecule has 0 aromatic heterocycles. The van der Waals surface area contributed by atoms with Gasteiger partial charge in [-0.2, -0.15) is 0 Å². The van der Waals surface area contributed by atoms with Crippen molar-refractivity contribution in [2.45, 2.75) is 16.2 Å². The molecule has 0 radical (unpaired) electrons. The summed E-state index contributed by atoms with van der Waals surface area (Å²) in [4.78, 5) is -0.428. The molecular weight excluding hydrogens is 264 g/mol. The van der Waals surface area contributed by atoms with Crippen molar-refractivity contribution in [2.24, 2.45) is 0 Å². The molecule has 5 nitrogen and oxygen atoms in total. The van der Waals surface area contributed by atoms with Gasteiger partial charge in [0.15, 0.2) is 19.7 Å². The van der Waals surface area contributed by atoms with Crippen LogP contribution in [0.25, 0.3) is 0 Å².